The van der Waals surface area contributed by atoms with E-state index in [1.807, 2.05) is 6.92 Å². The van der Waals surface area contributed by atoms with E-state index in [2.05, 4.69) is 10.3 Å². The summed E-state index contributed by atoms with van der Waals surface area (Å²) in [6.45, 7) is 2.99. The second-order valence-electron chi connectivity index (χ2n) is 2.29. The predicted molar refractivity (Wildman–Crippen MR) is 39.7 cm³/mol. The fourth-order valence-electron chi connectivity index (χ4n) is 0.877. The van der Waals surface area contributed by atoms with E-state index in [1.165, 1.54) is 0 Å². The molecule has 0 aliphatic rings. The molecule has 11 heavy (non-hydrogen) atoms. The first-order valence-electron chi connectivity index (χ1n) is 3.49. The lowest BCUT2D eigenvalue weighted by Gasteiger charge is -1.98. The minimum atomic E-state index is -0.0591. The first-order chi connectivity index (χ1) is 5.29. The maximum Gasteiger partial charge on any atom is 0.111 e. The number of nitrogens with two attached hydrogens (primary N) is 1. The summed E-state index contributed by atoms with van der Waals surface area (Å²) in [6, 6.07) is 0. The lowest BCUT2D eigenvalue weighted by Crippen LogP contribution is -2.12. The molecule has 62 valence electrons. The molecule has 5 nitrogen and oxygen atoms in total. The van der Waals surface area contributed by atoms with Gasteiger partial charge in [-0.2, -0.15) is 0 Å². The summed E-state index contributed by atoms with van der Waals surface area (Å²) in [5.41, 5.74) is 6.84. The minimum Gasteiger partial charge on any atom is -0.390 e. The average molecular weight is 156 g/mol. The van der Waals surface area contributed by atoms with Crippen molar-refractivity contribution in [2.24, 2.45) is 5.73 Å². The molecule has 0 bridgehead atoms. The molecule has 0 saturated carbocycles. The van der Waals surface area contributed by atoms with Crippen molar-refractivity contribution in [3.63, 3.8) is 0 Å². The normalized spacial score (nSPS) is 10.5. The van der Waals surface area contributed by atoms with E-state index in [0.29, 0.717) is 18.8 Å². The lowest BCUT2D eigenvalue weighted by molar-refractivity contribution is 0.276. The van der Waals surface area contributed by atoms with E-state index in [1.54, 1.807) is 4.68 Å². The zero-order valence-corrected chi connectivity index (χ0v) is 6.49. The summed E-state index contributed by atoms with van der Waals surface area (Å²) in [6.07, 6.45) is 0. The van der Waals surface area contributed by atoms with Crippen molar-refractivity contribution in [3.8, 4) is 0 Å². The summed E-state index contributed by atoms with van der Waals surface area (Å²) < 4.78 is 1.69. The summed E-state index contributed by atoms with van der Waals surface area (Å²) in [5, 5.41) is 16.3. The van der Waals surface area contributed by atoms with Crippen LogP contribution in [-0.2, 0) is 13.2 Å². The van der Waals surface area contributed by atoms with Crippen molar-refractivity contribution in [2.75, 3.05) is 6.54 Å². The molecular weight excluding hydrogens is 144 g/mol. The Morgan fingerprint density at radius 3 is 2.82 bits per heavy atom. The van der Waals surface area contributed by atoms with Gasteiger partial charge in [0.2, 0.25) is 0 Å². The van der Waals surface area contributed by atoms with E-state index in [4.69, 9.17) is 10.8 Å². The van der Waals surface area contributed by atoms with Gasteiger partial charge in [-0.1, -0.05) is 5.21 Å². The highest BCUT2D eigenvalue weighted by Crippen LogP contribution is 2.01. The van der Waals surface area contributed by atoms with E-state index in [9.17, 15) is 0 Å². The Hall–Kier alpha value is -0.940. The summed E-state index contributed by atoms with van der Waals surface area (Å²) >= 11 is 0. The number of aromatic nitrogens is 3. The summed E-state index contributed by atoms with van der Waals surface area (Å²) in [4.78, 5) is 0. The molecule has 0 saturated heterocycles. The smallest absolute Gasteiger partial charge is 0.111 e. The molecular formula is C6H12N4O. The van der Waals surface area contributed by atoms with Crippen molar-refractivity contribution < 1.29 is 5.11 Å². The summed E-state index contributed by atoms with van der Waals surface area (Å²) in [7, 11) is 0. The van der Waals surface area contributed by atoms with Gasteiger partial charge >= 0.3 is 0 Å². The van der Waals surface area contributed by atoms with Gasteiger partial charge in [0.1, 0.15) is 5.69 Å². The Morgan fingerprint density at radius 1 is 1.64 bits per heavy atom. The van der Waals surface area contributed by atoms with Crippen molar-refractivity contribution >= 4 is 0 Å². The molecule has 1 heterocycles. The van der Waals surface area contributed by atoms with Gasteiger partial charge in [0.05, 0.1) is 18.8 Å². The molecule has 0 unspecified atom stereocenters. The molecule has 1 aromatic rings. The van der Waals surface area contributed by atoms with Gasteiger partial charge in [-0.3, -0.25) is 0 Å². The minimum absolute atomic E-state index is 0.0591. The second-order valence-corrected chi connectivity index (χ2v) is 2.29. The number of aliphatic hydroxyl groups excluding tert-OH is 1. The van der Waals surface area contributed by atoms with Gasteiger partial charge < -0.3 is 10.8 Å². The third-order valence-electron chi connectivity index (χ3n) is 1.57. The van der Waals surface area contributed by atoms with Crippen LogP contribution in [0.3, 0.4) is 0 Å². The zero-order chi connectivity index (χ0) is 8.27. The van der Waals surface area contributed by atoms with Crippen LogP contribution in [0.1, 0.15) is 11.4 Å². The predicted octanol–water partition coefficient (Wildman–Crippen LogP) is -0.962. The van der Waals surface area contributed by atoms with E-state index >= 15 is 0 Å². The van der Waals surface area contributed by atoms with Crippen LogP contribution in [0.5, 0.6) is 0 Å². The van der Waals surface area contributed by atoms with Crippen molar-refractivity contribution in [1.29, 1.82) is 0 Å². The molecule has 0 fully saturated rings. The number of hydrogen-bond donors (Lipinski definition) is 2. The molecule has 0 atom stereocenters. The van der Waals surface area contributed by atoms with Gasteiger partial charge in [0.25, 0.3) is 0 Å². The standard InChI is InChI=1S/C6H12N4O/c1-5-6(4-11)8-9-10(5)3-2-7/h11H,2-4,7H2,1H3. The second kappa shape index (κ2) is 3.45. The van der Waals surface area contributed by atoms with E-state index < -0.39 is 0 Å². The first-order valence-corrected chi connectivity index (χ1v) is 3.49. The van der Waals surface area contributed by atoms with Crippen LogP contribution in [0.15, 0.2) is 0 Å². The van der Waals surface area contributed by atoms with Crippen LogP contribution in [0.4, 0.5) is 0 Å². The number of rotatable bonds is 3. The molecule has 1 rings (SSSR count). The van der Waals surface area contributed by atoms with Gasteiger partial charge in [-0.05, 0) is 6.92 Å². The molecule has 0 aliphatic heterocycles. The van der Waals surface area contributed by atoms with Gasteiger partial charge in [-0.25, -0.2) is 4.68 Å². The topological polar surface area (TPSA) is 77.0 Å². The number of hydrogen-bond acceptors (Lipinski definition) is 4. The SMILES string of the molecule is Cc1c(CO)nnn1CCN. The number of nitrogens with zero attached hydrogens (tertiary/aromatic N) is 3. The van der Waals surface area contributed by atoms with Gasteiger partial charge in [0, 0.05) is 6.54 Å². The molecule has 0 radical (unpaired) electrons. The number of aliphatic hydroxyl groups is 1. The van der Waals surface area contributed by atoms with Crippen molar-refractivity contribution in [1.82, 2.24) is 15.0 Å². The molecule has 0 aliphatic carbocycles. The lowest BCUT2D eigenvalue weighted by atomic mass is 10.3. The zero-order valence-electron chi connectivity index (χ0n) is 6.49. The Morgan fingerprint density at radius 2 is 2.36 bits per heavy atom. The molecule has 0 spiro atoms. The molecule has 1 aromatic heterocycles. The average Bonchev–Trinajstić information content (AvgIpc) is 2.34. The Bertz CT molecular complexity index is 232. The van der Waals surface area contributed by atoms with Crippen LogP contribution in [-0.4, -0.2) is 26.6 Å². The first kappa shape index (κ1) is 8.16. The highest BCUT2D eigenvalue weighted by atomic mass is 16.3. The van der Waals surface area contributed by atoms with Crippen LogP contribution in [0, 0.1) is 6.92 Å². The largest absolute Gasteiger partial charge is 0.390 e. The maximum atomic E-state index is 8.75. The third-order valence-corrected chi connectivity index (χ3v) is 1.57. The highest BCUT2D eigenvalue weighted by molar-refractivity contribution is 5.05. The van der Waals surface area contributed by atoms with Crippen LogP contribution in [0.2, 0.25) is 0 Å². The molecule has 3 N–H and O–H groups in total. The van der Waals surface area contributed by atoms with Gasteiger partial charge in [-0.15, -0.1) is 5.10 Å². The monoisotopic (exact) mass is 156 g/mol. The fourth-order valence-corrected chi connectivity index (χ4v) is 0.877. The van der Waals surface area contributed by atoms with E-state index in [-0.39, 0.29) is 6.61 Å². The van der Waals surface area contributed by atoms with Gasteiger partial charge in [0.15, 0.2) is 0 Å². The quantitative estimate of drug-likeness (QED) is 0.590. The molecule has 0 amide bonds. The third kappa shape index (κ3) is 1.55. The highest BCUT2D eigenvalue weighted by Gasteiger charge is 2.04. The Balaban J connectivity index is 2.82. The molecule has 0 aromatic carbocycles. The van der Waals surface area contributed by atoms with E-state index in [0.717, 1.165) is 5.69 Å². The Kier molecular flexibility index (Phi) is 2.56. The van der Waals surface area contributed by atoms with Crippen LogP contribution < -0.4 is 5.73 Å². The Labute approximate surface area is 64.8 Å². The maximum absolute atomic E-state index is 8.75. The fraction of sp³-hybridized carbons (Fsp3) is 0.667. The van der Waals surface area contributed by atoms with Crippen LogP contribution >= 0.6 is 0 Å². The summed E-state index contributed by atoms with van der Waals surface area (Å²) in [5.74, 6) is 0. The molecule has 5 heteroatoms. The van der Waals surface area contributed by atoms with Crippen molar-refractivity contribution in [3.05, 3.63) is 11.4 Å². The van der Waals surface area contributed by atoms with Crippen LogP contribution in [0.25, 0.3) is 0 Å². The van der Waals surface area contributed by atoms with Crippen molar-refractivity contribution in [2.45, 2.75) is 20.1 Å².